The van der Waals surface area contributed by atoms with E-state index < -0.39 is 6.16 Å². The lowest BCUT2D eigenvalue weighted by Crippen LogP contribution is -1.88. The van der Waals surface area contributed by atoms with Gasteiger partial charge in [-0.05, 0) is 20.9 Å². The third-order valence-corrected chi connectivity index (χ3v) is 2.43. The van der Waals surface area contributed by atoms with Crippen molar-refractivity contribution in [3.8, 4) is 0 Å². The summed E-state index contributed by atoms with van der Waals surface area (Å²) in [5.74, 6) is 0. The van der Waals surface area contributed by atoms with Crippen LogP contribution in [0.2, 0.25) is 0 Å². The monoisotopic (exact) mass is 214 g/mol. The highest BCUT2D eigenvalue weighted by Crippen LogP contribution is 2.11. The molecule has 0 aromatic heterocycles. The Morgan fingerprint density at radius 2 is 0.875 bits per heavy atom. The largest absolute Gasteiger partial charge is 0.503 e. The van der Waals surface area contributed by atoms with Gasteiger partial charge < -0.3 is 10.2 Å². The molecule has 0 radical (unpaired) electrons. The summed E-state index contributed by atoms with van der Waals surface area (Å²) in [6.07, 6.45) is -1.83. The Hall–Kier alpha value is -2.29. The number of carboxylic acid groups (broad SMARTS) is 2. The van der Waals surface area contributed by atoms with E-state index in [-0.39, 0.29) is 0 Å². The topological polar surface area (TPSA) is 57.5 Å². The quantitative estimate of drug-likeness (QED) is 0.605. The third-order valence-electron chi connectivity index (χ3n) is 2.43. The van der Waals surface area contributed by atoms with Crippen LogP contribution in [0.1, 0.15) is 0 Å². The van der Waals surface area contributed by atoms with Gasteiger partial charge in [0.15, 0.2) is 0 Å². The summed E-state index contributed by atoms with van der Waals surface area (Å²) >= 11 is 0. The van der Waals surface area contributed by atoms with Crippen LogP contribution in [0, 0.1) is 20.9 Å². The van der Waals surface area contributed by atoms with Gasteiger partial charge >= 0.3 is 6.16 Å². The van der Waals surface area contributed by atoms with Gasteiger partial charge in [-0.1, -0.05) is 48.5 Å². The van der Waals surface area contributed by atoms with Gasteiger partial charge in [-0.25, -0.2) is 4.79 Å². The van der Waals surface area contributed by atoms with Crippen LogP contribution in [0.3, 0.4) is 0 Å². The molecule has 0 saturated heterocycles. The smallest absolute Gasteiger partial charge is 0.450 e. The van der Waals surface area contributed by atoms with Crippen LogP contribution in [-0.2, 0) is 0 Å². The first kappa shape index (κ1) is 10.2. The van der Waals surface area contributed by atoms with Crippen molar-refractivity contribution in [3.63, 3.8) is 0 Å². The fourth-order valence-electron chi connectivity index (χ4n) is 1.84. The standard InChI is InChI=1S/C12H8.CH2O3/c1-2-6-10-9(5-1)11-7-3-4-8-12(10)11;2-1(3)4/h1-8H;(H2,2,3,4). The molecule has 2 N–H and O–H groups in total. The van der Waals surface area contributed by atoms with E-state index in [0.717, 1.165) is 0 Å². The molecule has 0 saturated carbocycles. The fraction of sp³-hybridized carbons (Fsp3) is 0. The Balaban J connectivity index is 0.000000212. The van der Waals surface area contributed by atoms with Crippen molar-refractivity contribution in [2.45, 2.75) is 0 Å². The maximum atomic E-state index is 8.56. The maximum absolute atomic E-state index is 8.56. The normalized spacial score (nSPS) is 10.0. The molecule has 0 spiro atoms. The Morgan fingerprint density at radius 1 is 0.688 bits per heavy atom. The molecule has 0 atom stereocenters. The molecule has 0 amide bonds. The second kappa shape index (κ2) is 4.06. The second-order valence-electron chi connectivity index (χ2n) is 3.37. The molecule has 1 aliphatic rings. The molecule has 0 heterocycles. The minimum absolute atomic E-state index is 1.40. The predicted molar refractivity (Wildman–Crippen MR) is 58.9 cm³/mol. The molecule has 0 aliphatic heterocycles. The highest BCUT2D eigenvalue weighted by atomic mass is 16.6. The molecule has 80 valence electrons. The van der Waals surface area contributed by atoms with Crippen LogP contribution in [-0.4, -0.2) is 16.4 Å². The van der Waals surface area contributed by atoms with Crippen LogP contribution in [0.15, 0.2) is 48.5 Å². The SMILES string of the molecule is O=C(O)O.c1ccc2c(c1)=c1ccccc1=2. The van der Waals surface area contributed by atoms with Crippen LogP contribution < -0.4 is 0 Å². The van der Waals surface area contributed by atoms with Crippen molar-refractivity contribution in [1.29, 1.82) is 0 Å². The third kappa shape index (κ3) is 1.75. The first-order valence-corrected chi connectivity index (χ1v) is 4.81. The lowest BCUT2D eigenvalue weighted by Gasteiger charge is -2.02. The Kier molecular flexibility index (Phi) is 2.60. The maximum Gasteiger partial charge on any atom is 0.503 e. The van der Waals surface area contributed by atoms with Gasteiger partial charge in [0.1, 0.15) is 0 Å². The molecule has 16 heavy (non-hydrogen) atoms. The number of fused-ring (bicyclic) bond motifs is 2. The van der Waals surface area contributed by atoms with Crippen molar-refractivity contribution in [1.82, 2.24) is 0 Å². The average molecular weight is 214 g/mol. The summed E-state index contributed by atoms with van der Waals surface area (Å²) in [6.45, 7) is 0. The van der Waals surface area contributed by atoms with E-state index in [1.807, 2.05) is 0 Å². The van der Waals surface area contributed by atoms with E-state index in [0.29, 0.717) is 0 Å². The predicted octanol–water partition coefficient (Wildman–Crippen LogP) is 2.80. The zero-order chi connectivity index (χ0) is 11.5. The highest BCUT2D eigenvalue weighted by Gasteiger charge is 1.97. The second-order valence-corrected chi connectivity index (χ2v) is 3.37. The Morgan fingerprint density at radius 3 is 1.06 bits per heavy atom. The summed E-state index contributed by atoms with van der Waals surface area (Å²) in [7, 11) is 0. The lowest BCUT2D eigenvalue weighted by atomic mass is 10.0. The van der Waals surface area contributed by atoms with Crippen LogP contribution in [0.5, 0.6) is 0 Å². The molecule has 0 bridgehead atoms. The van der Waals surface area contributed by atoms with Crippen LogP contribution in [0.4, 0.5) is 4.79 Å². The van der Waals surface area contributed by atoms with Crippen LogP contribution >= 0.6 is 0 Å². The Bertz CT molecular complexity index is 566. The van der Waals surface area contributed by atoms with Crippen molar-refractivity contribution < 1.29 is 15.0 Å². The van der Waals surface area contributed by atoms with Crippen molar-refractivity contribution in [2.24, 2.45) is 0 Å². The number of carbonyl (C=O) groups is 1. The number of hydrogen-bond acceptors (Lipinski definition) is 1. The zero-order valence-corrected chi connectivity index (χ0v) is 8.42. The van der Waals surface area contributed by atoms with Crippen molar-refractivity contribution in [2.75, 3.05) is 0 Å². The van der Waals surface area contributed by atoms with Gasteiger partial charge in [-0.3, -0.25) is 0 Å². The Labute approximate surface area is 91.2 Å². The summed E-state index contributed by atoms with van der Waals surface area (Å²) in [4.78, 5) is 8.56. The van der Waals surface area contributed by atoms with E-state index in [9.17, 15) is 0 Å². The number of hydrogen-bond donors (Lipinski definition) is 2. The van der Waals surface area contributed by atoms with Gasteiger partial charge in [0, 0.05) is 0 Å². The molecule has 2 aromatic carbocycles. The van der Waals surface area contributed by atoms with E-state index in [2.05, 4.69) is 48.5 Å². The lowest BCUT2D eigenvalue weighted by molar-refractivity contribution is 0.137. The molecular weight excluding hydrogens is 204 g/mol. The first-order valence-electron chi connectivity index (χ1n) is 4.81. The minimum Gasteiger partial charge on any atom is -0.450 e. The van der Waals surface area contributed by atoms with E-state index >= 15 is 0 Å². The zero-order valence-electron chi connectivity index (χ0n) is 8.42. The van der Waals surface area contributed by atoms with Gasteiger partial charge in [0.2, 0.25) is 0 Å². The number of rotatable bonds is 0. The molecule has 0 unspecified atom stereocenters. The van der Waals surface area contributed by atoms with Crippen molar-refractivity contribution >= 4 is 6.16 Å². The summed E-state index contributed by atoms with van der Waals surface area (Å²) < 4.78 is 0. The molecular formula is C13H10O3. The first-order chi connectivity index (χ1) is 7.70. The summed E-state index contributed by atoms with van der Waals surface area (Å²) in [5, 5.41) is 19.5. The van der Waals surface area contributed by atoms with Gasteiger partial charge in [0.05, 0.1) is 0 Å². The molecule has 3 nitrogen and oxygen atoms in total. The van der Waals surface area contributed by atoms with E-state index in [1.165, 1.54) is 20.9 Å². The summed E-state index contributed by atoms with van der Waals surface area (Å²) in [5.41, 5.74) is 0. The van der Waals surface area contributed by atoms with Crippen LogP contribution in [0.25, 0.3) is 0 Å². The minimum atomic E-state index is -1.83. The van der Waals surface area contributed by atoms with Gasteiger partial charge in [-0.15, -0.1) is 0 Å². The van der Waals surface area contributed by atoms with E-state index in [1.54, 1.807) is 0 Å². The molecule has 2 aromatic rings. The molecule has 3 rings (SSSR count). The van der Waals surface area contributed by atoms with Gasteiger partial charge in [-0.2, -0.15) is 0 Å². The van der Waals surface area contributed by atoms with Gasteiger partial charge in [0.25, 0.3) is 0 Å². The number of benzene rings is 2. The fourth-order valence-corrected chi connectivity index (χ4v) is 1.84. The molecule has 0 fully saturated rings. The average Bonchev–Trinajstić information content (AvgIpc) is 2.25. The van der Waals surface area contributed by atoms with E-state index in [4.69, 9.17) is 15.0 Å². The molecule has 3 heteroatoms. The highest BCUT2D eigenvalue weighted by molar-refractivity contribution is 5.53. The van der Waals surface area contributed by atoms with Crippen molar-refractivity contribution in [3.05, 3.63) is 69.4 Å². The molecule has 1 aliphatic carbocycles. The summed E-state index contributed by atoms with van der Waals surface area (Å²) in [6, 6.07) is 17.1.